The Bertz CT molecular complexity index is 769. The van der Waals surface area contributed by atoms with Gasteiger partial charge in [-0.15, -0.1) is 0 Å². The maximum atomic E-state index is 12.3. The molecule has 0 aliphatic carbocycles. The number of esters is 1. The van der Waals surface area contributed by atoms with E-state index in [0.29, 0.717) is 43.8 Å². The molecule has 0 aromatic heterocycles. The van der Waals surface area contributed by atoms with Crippen LogP contribution in [-0.4, -0.2) is 42.3 Å². The molecule has 1 heterocycles. The number of hydrogen-bond acceptors (Lipinski definition) is 6. The lowest BCUT2D eigenvalue weighted by molar-refractivity contribution is -0.149. The molecular weight excluding hydrogens is 346 g/mol. The molecule has 1 fully saturated rings. The van der Waals surface area contributed by atoms with E-state index in [4.69, 9.17) is 4.74 Å². The molecule has 0 unspecified atom stereocenters. The monoisotopic (exact) mass is 369 g/mol. The van der Waals surface area contributed by atoms with Crippen molar-refractivity contribution in [2.75, 3.05) is 25.0 Å². The smallest absolute Gasteiger partial charge is 0.309 e. The predicted molar refractivity (Wildman–Crippen MR) is 99.7 cm³/mol. The maximum Gasteiger partial charge on any atom is 0.309 e. The Labute approximate surface area is 158 Å². The van der Waals surface area contributed by atoms with Gasteiger partial charge in [-0.05, 0) is 51.0 Å². The van der Waals surface area contributed by atoms with Gasteiger partial charge in [-0.25, -0.2) is 0 Å². The van der Waals surface area contributed by atoms with Crippen LogP contribution in [-0.2, 0) is 14.3 Å². The van der Waals surface area contributed by atoms with Gasteiger partial charge in [0.25, 0.3) is 5.91 Å². The van der Waals surface area contributed by atoms with Gasteiger partial charge in [0.15, 0.2) is 5.78 Å². The number of piperidine rings is 1. The fraction of sp³-hybridized carbons (Fsp3) is 0.400. The average Bonchev–Trinajstić information content (AvgIpc) is 2.67. The third-order valence-electron chi connectivity index (χ3n) is 4.38. The molecule has 1 N–H and O–H groups in total. The van der Waals surface area contributed by atoms with Crippen LogP contribution < -0.4 is 5.32 Å². The second-order valence-electron chi connectivity index (χ2n) is 6.30. The second kappa shape index (κ2) is 9.53. The van der Waals surface area contributed by atoms with Crippen LogP contribution >= 0.6 is 0 Å². The molecule has 0 saturated carbocycles. The van der Waals surface area contributed by atoms with E-state index in [1.807, 2.05) is 11.0 Å². The van der Waals surface area contributed by atoms with E-state index >= 15 is 0 Å². The van der Waals surface area contributed by atoms with E-state index in [2.05, 4.69) is 5.32 Å². The van der Waals surface area contributed by atoms with Crippen molar-refractivity contribution < 1.29 is 19.1 Å². The number of nitriles is 1. The lowest BCUT2D eigenvalue weighted by Gasteiger charge is -2.30. The highest BCUT2D eigenvalue weighted by atomic mass is 16.5. The van der Waals surface area contributed by atoms with Gasteiger partial charge in [0.05, 0.1) is 12.5 Å². The summed E-state index contributed by atoms with van der Waals surface area (Å²) in [5.41, 5.74) is 1.04. The molecule has 0 atom stereocenters. The van der Waals surface area contributed by atoms with Crippen molar-refractivity contribution in [1.82, 2.24) is 4.90 Å². The zero-order chi connectivity index (χ0) is 19.8. The van der Waals surface area contributed by atoms with Gasteiger partial charge in [-0.1, -0.05) is 0 Å². The Hall–Kier alpha value is -3.14. The second-order valence-corrected chi connectivity index (χ2v) is 6.30. The first-order valence-electron chi connectivity index (χ1n) is 8.89. The number of carbonyl (C=O) groups is 3. The van der Waals surface area contributed by atoms with Crippen molar-refractivity contribution >= 4 is 23.3 Å². The number of hydrogen-bond donors (Lipinski definition) is 1. The lowest BCUT2D eigenvalue weighted by atomic mass is 9.97. The average molecular weight is 369 g/mol. The normalized spacial score (nSPS) is 15.0. The summed E-state index contributed by atoms with van der Waals surface area (Å²) >= 11 is 0. The summed E-state index contributed by atoms with van der Waals surface area (Å²) in [6, 6.07) is 8.39. The molecular formula is C20H23N3O4. The van der Waals surface area contributed by atoms with Gasteiger partial charge in [-0.3, -0.25) is 14.4 Å². The maximum absolute atomic E-state index is 12.3. The Morgan fingerprint density at radius 3 is 2.41 bits per heavy atom. The minimum Gasteiger partial charge on any atom is -0.466 e. The molecule has 0 radical (unpaired) electrons. The summed E-state index contributed by atoms with van der Waals surface area (Å²) < 4.78 is 5.04. The molecule has 1 aromatic rings. The highest BCUT2D eigenvalue weighted by molar-refractivity contribution is 6.06. The lowest BCUT2D eigenvalue weighted by Crippen LogP contribution is -2.34. The van der Waals surface area contributed by atoms with E-state index < -0.39 is 5.91 Å². The Morgan fingerprint density at radius 2 is 1.89 bits per heavy atom. The van der Waals surface area contributed by atoms with Crippen molar-refractivity contribution in [3.8, 4) is 6.07 Å². The predicted octanol–water partition coefficient (Wildman–Crippen LogP) is 2.51. The minimum absolute atomic E-state index is 0.0137. The molecule has 1 aliphatic rings. The van der Waals surface area contributed by atoms with E-state index in [9.17, 15) is 19.6 Å². The van der Waals surface area contributed by atoms with Crippen LogP contribution in [0.1, 0.15) is 37.0 Å². The number of benzene rings is 1. The van der Waals surface area contributed by atoms with Crippen molar-refractivity contribution in [2.24, 2.45) is 5.92 Å². The number of likely N-dealkylation sites (tertiary alicyclic amines) is 1. The fourth-order valence-electron chi connectivity index (χ4n) is 2.83. The van der Waals surface area contributed by atoms with Crippen LogP contribution in [0.4, 0.5) is 5.69 Å². The zero-order valence-corrected chi connectivity index (χ0v) is 15.5. The first kappa shape index (κ1) is 20.2. The molecule has 142 valence electrons. The van der Waals surface area contributed by atoms with E-state index in [1.165, 1.54) is 13.1 Å². The third-order valence-corrected chi connectivity index (χ3v) is 4.38. The number of rotatable bonds is 6. The summed E-state index contributed by atoms with van der Waals surface area (Å²) in [6.45, 7) is 4.77. The largest absolute Gasteiger partial charge is 0.466 e. The topological polar surface area (TPSA) is 99.5 Å². The van der Waals surface area contributed by atoms with E-state index in [0.717, 1.165) is 0 Å². The van der Waals surface area contributed by atoms with Gasteiger partial charge < -0.3 is 15.0 Å². The molecule has 27 heavy (non-hydrogen) atoms. The first-order chi connectivity index (χ1) is 12.9. The van der Waals surface area contributed by atoms with Crippen LogP contribution in [0.5, 0.6) is 0 Å². The summed E-state index contributed by atoms with van der Waals surface area (Å²) in [5.74, 6) is -0.889. The van der Waals surface area contributed by atoms with Crippen molar-refractivity contribution in [1.29, 1.82) is 5.26 Å². The molecule has 1 amide bonds. The molecule has 2 rings (SSSR count). The standard InChI is InChI=1S/C20H23N3O4/c1-3-27-20(26)16-8-10-23(11-9-16)13-17(12-21)19(25)22-18-6-4-15(5-7-18)14(2)24/h4-7,13,16H,3,8-11H2,1-2H3,(H,22,25)/b17-13-. The molecule has 1 saturated heterocycles. The number of anilines is 1. The molecule has 1 aliphatic heterocycles. The third kappa shape index (κ3) is 5.68. The summed E-state index contributed by atoms with van der Waals surface area (Å²) in [5, 5.41) is 12.0. The van der Waals surface area contributed by atoms with Crippen LogP contribution in [0, 0.1) is 17.2 Å². The zero-order valence-electron chi connectivity index (χ0n) is 15.5. The quantitative estimate of drug-likeness (QED) is 0.358. The molecule has 7 nitrogen and oxygen atoms in total. The van der Waals surface area contributed by atoms with Gasteiger partial charge in [-0.2, -0.15) is 5.26 Å². The fourth-order valence-corrected chi connectivity index (χ4v) is 2.83. The van der Waals surface area contributed by atoms with Crippen molar-refractivity contribution in [2.45, 2.75) is 26.7 Å². The number of ether oxygens (including phenoxy) is 1. The molecule has 0 spiro atoms. The van der Waals surface area contributed by atoms with Crippen molar-refractivity contribution in [3.05, 3.63) is 41.6 Å². The number of nitrogens with zero attached hydrogens (tertiary/aromatic N) is 2. The van der Waals surface area contributed by atoms with Crippen LogP contribution in [0.3, 0.4) is 0 Å². The minimum atomic E-state index is -0.513. The van der Waals surface area contributed by atoms with Crippen molar-refractivity contribution in [3.63, 3.8) is 0 Å². The molecule has 1 aromatic carbocycles. The van der Waals surface area contributed by atoms with Crippen LogP contribution in [0.15, 0.2) is 36.0 Å². The van der Waals surface area contributed by atoms with Gasteiger partial charge >= 0.3 is 5.97 Å². The van der Waals surface area contributed by atoms with Crippen LogP contribution in [0.2, 0.25) is 0 Å². The van der Waals surface area contributed by atoms with Gasteiger partial charge in [0.1, 0.15) is 11.6 Å². The van der Waals surface area contributed by atoms with Gasteiger partial charge in [0, 0.05) is 30.5 Å². The number of nitrogens with one attached hydrogen (secondary N) is 1. The number of Topliss-reactive ketones (excluding diaryl/α,β-unsaturated/α-hetero) is 1. The van der Waals surface area contributed by atoms with E-state index in [1.54, 1.807) is 31.2 Å². The SMILES string of the molecule is CCOC(=O)C1CCN(/C=C(/C#N)C(=O)Nc2ccc(C(C)=O)cc2)CC1. The number of carbonyl (C=O) groups excluding carboxylic acids is 3. The van der Waals surface area contributed by atoms with Gasteiger partial charge in [0.2, 0.25) is 0 Å². The first-order valence-corrected chi connectivity index (χ1v) is 8.89. The highest BCUT2D eigenvalue weighted by Gasteiger charge is 2.25. The van der Waals surface area contributed by atoms with E-state index in [-0.39, 0.29) is 23.2 Å². The highest BCUT2D eigenvalue weighted by Crippen LogP contribution is 2.20. The number of amides is 1. The Balaban J connectivity index is 1.95. The summed E-state index contributed by atoms with van der Waals surface area (Å²) in [4.78, 5) is 37.2. The summed E-state index contributed by atoms with van der Waals surface area (Å²) in [7, 11) is 0. The Kier molecular flexibility index (Phi) is 7.12. The summed E-state index contributed by atoms with van der Waals surface area (Å²) in [6.07, 6.45) is 2.78. The molecule has 0 bridgehead atoms. The molecule has 7 heteroatoms. The number of ketones is 1. The Morgan fingerprint density at radius 1 is 1.26 bits per heavy atom. The van der Waals surface area contributed by atoms with Crippen LogP contribution in [0.25, 0.3) is 0 Å².